The van der Waals surface area contributed by atoms with E-state index in [-0.39, 0.29) is 6.54 Å². The van der Waals surface area contributed by atoms with Gasteiger partial charge < -0.3 is 9.95 Å². The number of aliphatic hydroxyl groups excluding tert-OH is 1. The number of hydrogen-bond donors (Lipinski definition) is 1. The quantitative estimate of drug-likeness (QED) is 0.454. The molecule has 2 nitrogen and oxygen atoms in total. The lowest BCUT2D eigenvalue weighted by atomic mass is 10.4. The van der Waals surface area contributed by atoms with Crippen molar-refractivity contribution in [2.45, 2.75) is 13.0 Å². The molecule has 0 saturated carbocycles. The molecule has 0 aliphatic rings. The van der Waals surface area contributed by atoms with Crippen molar-refractivity contribution in [3.8, 4) is 0 Å². The van der Waals surface area contributed by atoms with Gasteiger partial charge in [0, 0.05) is 0 Å². The van der Waals surface area contributed by atoms with Gasteiger partial charge in [-0.15, -0.1) is 0 Å². The summed E-state index contributed by atoms with van der Waals surface area (Å²) in [4.78, 5) is 2.94. The fourth-order valence-electron chi connectivity index (χ4n) is 0.132. The molecule has 34 valence electrons. The van der Waals surface area contributed by atoms with E-state index in [2.05, 4.69) is 4.85 Å². The van der Waals surface area contributed by atoms with Gasteiger partial charge in [-0.3, -0.25) is 0 Å². The molecular weight excluding hydrogens is 78.0 g/mol. The molecule has 0 fully saturated rings. The molecule has 0 radical (unpaired) electrons. The molecule has 0 bridgehead atoms. The maximum atomic E-state index is 8.34. The van der Waals surface area contributed by atoms with Crippen molar-refractivity contribution in [2.75, 3.05) is 6.54 Å². The normalized spacial score (nSPS) is 12.8. The first-order valence-electron chi connectivity index (χ1n) is 1.78. The first-order chi connectivity index (χ1) is 2.77. The third-order valence-corrected chi connectivity index (χ3v) is 0.356. The highest BCUT2D eigenvalue weighted by Crippen LogP contribution is 1.76. The minimum Gasteiger partial charge on any atom is -0.386 e. The van der Waals surface area contributed by atoms with Crippen LogP contribution in [-0.2, 0) is 0 Å². The lowest BCUT2D eigenvalue weighted by Crippen LogP contribution is -2.00. The van der Waals surface area contributed by atoms with E-state index in [0.717, 1.165) is 0 Å². The van der Waals surface area contributed by atoms with Gasteiger partial charge in [-0.2, -0.15) is 0 Å². The third-order valence-electron chi connectivity index (χ3n) is 0.356. The van der Waals surface area contributed by atoms with E-state index < -0.39 is 6.10 Å². The van der Waals surface area contributed by atoms with Gasteiger partial charge in [0.15, 0.2) is 0 Å². The fourth-order valence-corrected chi connectivity index (χ4v) is 0.132. The predicted molar refractivity (Wildman–Crippen MR) is 23.1 cm³/mol. The second-order valence-corrected chi connectivity index (χ2v) is 1.19. The number of aliphatic hydroxyl groups is 1. The lowest BCUT2D eigenvalue weighted by Gasteiger charge is -1.85. The van der Waals surface area contributed by atoms with Gasteiger partial charge in [-0.05, 0) is 6.92 Å². The monoisotopic (exact) mass is 85.1 g/mol. The van der Waals surface area contributed by atoms with Crippen molar-refractivity contribution in [1.82, 2.24) is 0 Å². The zero-order valence-corrected chi connectivity index (χ0v) is 3.68. The first kappa shape index (κ1) is 5.45. The Kier molecular flexibility index (Phi) is 2.43. The molecule has 0 aromatic rings. The topological polar surface area (TPSA) is 24.6 Å². The van der Waals surface area contributed by atoms with Crippen LogP contribution in [0.5, 0.6) is 0 Å². The van der Waals surface area contributed by atoms with Crippen LogP contribution in [0.25, 0.3) is 4.85 Å². The molecule has 0 aliphatic heterocycles. The average Bonchev–Trinajstić information content (AvgIpc) is 1.35. The van der Waals surface area contributed by atoms with Crippen LogP contribution in [0.1, 0.15) is 6.92 Å². The highest BCUT2D eigenvalue weighted by Gasteiger charge is 1.91. The molecule has 1 atom stereocenters. The summed E-state index contributed by atoms with van der Waals surface area (Å²) in [5.41, 5.74) is 0. The molecule has 0 aromatic heterocycles. The number of hydrogen-bond acceptors (Lipinski definition) is 1. The van der Waals surface area contributed by atoms with Gasteiger partial charge in [-0.1, -0.05) is 0 Å². The van der Waals surface area contributed by atoms with Crippen LogP contribution in [0.2, 0.25) is 0 Å². The maximum Gasteiger partial charge on any atom is 0.239 e. The first-order valence-corrected chi connectivity index (χ1v) is 1.78. The summed E-state index contributed by atoms with van der Waals surface area (Å²) in [5, 5.41) is 8.34. The van der Waals surface area contributed by atoms with Gasteiger partial charge >= 0.3 is 0 Å². The van der Waals surface area contributed by atoms with Crippen LogP contribution < -0.4 is 0 Å². The van der Waals surface area contributed by atoms with Crippen LogP contribution in [0.3, 0.4) is 0 Å². The molecule has 0 heterocycles. The molecule has 0 saturated heterocycles. The summed E-state index contributed by atoms with van der Waals surface area (Å²) in [6.07, 6.45) is -0.456. The molecular formula is C4H7NO. The number of nitrogens with zero attached hydrogens (tertiary/aromatic N) is 1. The van der Waals surface area contributed by atoms with Crippen molar-refractivity contribution in [3.05, 3.63) is 11.4 Å². The standard InChI is InChI=1S/C4H7NO/c1-4(6)3-5-2/h4,6H,3H2,1H3. The largest absolute Gasteiger partial charge is 0.386 e. The molecule has 0 spiro atoms. The van der Waals surface area contributed by atoms with Crippen molar-refractivity contribution in [1.29, 1.82) is 0 Å². The molecule has 0 amide bonds. The summed E-state index contributed by atoms with van der Waals surface area (Å²) in [6.45, 7) is 8.02. The Morgan fingerprint density at radius 1 is 2.00 bits per heavy atom. The Balaban J connectivity index is 2.88. The Morgan fingerprint density at radius 3 is 2.50 bits per heavy atom. The van der Waals surface area contributed by atoms with Gasteiger partial charge in [0.05, 0.1) is 0 Å². The molecule has 0 rings (SSSR count). The minimum absolute atomic E-state index is 0.222. The summed E-state index contributed by atoms with van der Waals surface area (Å²) >= 11 is 0. The van der Waals surface area contributed by atoms with Crippen LogP contribution in [0, 0.1) is 6.57 Å². The van der Waals surface area contributed by atoms with Crippen LogP contribution in [-0.4, -0.2) is 17.8 Å². The lowest BCUT2D eigenvalue weighted by molar-refractivity contribution is 0.212. The van der Waals surface area contributed by atoms with Gasteiger partial charge in [0.1, 0.15) is 6.10 Å². The second-order valence-electron chi connectivity index (χ2n) is 1.19. The zero-order chi connectivity index (χ0) is 4.99. The van der Waals surface area contributed by atoms with E-state index in [0.29, 0.717) is 0 Å². The predicted octanol–water partition coefficient (Wildman–Crippen LogP) is 0.286. The van der Waals surface area contributed by atoms with Crippen LogP contribution in [0.15, 0.2) is 0 Å². The third kappa shape index (κ3) is 3.45. The summed E-state index contributed by atoms with van der Waals surface area (Å²) < 4.78 is 0. The SMILES string of the molecule is [C-]#[N+]CC(C)O. The van der Waals surface area contributed by atoms with E-state index in [1.807, 2.05) is 0 Å². The van der Waals surface area contributed by atoms with Gasteiger partial charge in [0.2, 0.25) is 6.54 Å². The van der Waals surface area contributed by atoms with E-state index >= 15 is 0 Å². The van der Waals surface area contributed by atoms with E-state index in [9.17, 15) is 0 Å². The van der Waals surface area contributed by atoms with Crippen LogP contribution >= 0.6 is 0 Å². The van der Waals surface area contributed by atoms with E-state index in [1.54, 1.807) is 6.92 Å². The van der Waals surface area contributed by atoms with E-state index in [4.69, 9.17) is 11.7 Å². The molecule has 1 N–H and O–H groups in total. The molecule has 0 aromatic carbocycles. The minimum atomic E-state index is -0.456. The Labute approximate surface area is 37.2 Å². The van der Waals surface area contributed by atoms with Crippen LogP contribution in [0.4, 0.5) is 0 Å². The highest BCUT2D eigenvalue weighted by molar-refractivity contribution is 4.62. The summed E-state index contributed by atoms with van der Waals surface area (Å²) in [5.74, 6) is 0. The van der Waals surface area contributed by atoms with E-state index in [1.165, 1.54) is 0 Å². The average molecular weight is 85.1 g/mol. The fraction of sp³-hybridized carbons (Fsp3) is 0.750. The molecule has 1 unspecified atom stereocenters. The van der Waals surface area contributed by atoms with Crippen molar-refractivity contribution in [2.24, 2.45) is 0 Å². The number of rotatable bonds is 1. The van der Waals surface area contributed by atoms with Crippen molar-refractivity contribution in [3.63, 3.8) is 0 Å². The smallest absolute Gasteiger partial charge is 0.239 e. The highest BCUT2D eigenvalue weighted by atomic mass is 16.3. The molecule has 6 heavy (non-hydrogen) atoms. The van der Waals surface area contributed by atoms with Crippen molar-refractivity contribution < 1.29 is 5.11 Å². The second kappa shape index (κ2) is 2.67. The van der Waals surface area contributed by atoms with Gasteiger partial charge in [0.25, 0.3) is 0 Å². The van der Waals surface area contributed by atoms with Gasteiger partial charge in [-0.25, -0.2) is 6.57 Å². The zero-order valence-electron chi connectivity index (χ0n) is 3.68. The Bertz CT molecular complexity index is 62.4. The molecule has 0 aliphatic carbocycles. The maximum absolute atomic E-state index is 8.34. The Morgan fingerprint density at radius 2 is 2.50 bits per heavy atom. The summed E-state index contributed by atoms with van der Waals surface area (Å²) in [7, 11) is 0. The molecule has 2 heteroatoms. The Hall–Kier alpha value is -0.550. The summed E-state index contributed by atoms with van der Waals surface area (Å²) in [6, 6.07) is 0. The van der Waals surface area contributed by atoms with Crippen molar-refractivity contribution >= 4 is 0 Å².